The largest absolute Gasteiger partial charge is 0.435 e. The number of aromatic nitrogens is 1. The Bertz CT molecular complexity index is 1150. The summed E-state index contributed by atoms with van der Waals surface area (Å²) in [6.07, 6.45) is 0.557. The molecular weight excluding hydrogens is 326 g/mol. The van der Waals surface area contributed by atoms with Gasteiger partial charge in [0.15, 0.2) is 12.0 Å². The Morgan fingerprint density at radius 2 is 1.71 bits per heavy atom. The van der Waals surface area contributed by atoms with Crippen molar-refractivity contribution >= 4 is 39.8 Å². The maximum Gasteiger partial charge on any atom is 0.265 e. The molecule has 0 saturated heterocycles. The van der Waals surface area contributed by atoms with Crippen LogP contribution >= 0.6 is 11.6 Å². The lowest BCUT2D eigenvalue weighted by Crippen LogP contribution is -2.18. The van der Waals surface area contributed by atoms with Gasteiger partial charge in [0.25, 0.3) is 5.56 Å². The zero-order valence-electron chi connectivity index (χ0n) is 12.7. The summed E-state index contributed by atoms with van der Waals surface area (Å²) in [5.41, 5.74) is 1.79. The first kappa shape index (κ1) is 14.7. The summed E-state index contributed by atoms with van der Waals surface area (Å²) in [5, 5.41) is 1.97. The van der Waals surface area contributed by atoms with Gasteiger partial charge < -0.3 is 4.42 Å². The third-order valence-electron chi connectivity index (χ3n) is 4.09. The van der Waals surface area contributed by atoms with Crippen molar-refractivity contribution in [3.05, 3.63) is 75.2 Å². The van der Waals surface area contributed by atoms with Crippen molar-refractivity contribution < 1.29 is 9.21 Å². The highest BCUT2D eigenvalue weighted by Gasteiger charge is 2.21. The SMILES string of the molecule is Cc1ccc(-n2c(=O)c3ccccc3c3c(Cl)c(C=O)oc32)cc1. The fourth-order valence-electron chi connectivity index (χ4n) is 2.91. The summed E-state index contributed by atoms with van der Waals surface area (Å²) in [7, 11) is 0. The average molecular weight is 338 g/mol. The highest BCUT2D eigenvalue weighted by atomic mass is 35.5. The first-order valence-corrected chi connectivity index (χ1v) is 7.77. The molecule has 0 N–H and O–H groups in total. The Kier molecular flexibility index (Phi) is 3.28. The van der Waals surface area contributed by atoms with Crippen LogP contribution in [0.3, 0.4) is 0 Å². The van der Waals surface area contributed by atoms with Gasteiger partial charge in [0, 0.05) is 10.8 Å². The smallest absolute Gasteiger partial charge is 0.265 e. The third kappa shape index (κ3) is 2.00. The second-order valence-corrected chi connectivity index (χ2v) is 5.98. The number of aryl methyl sites for hydroxylation is 1. The van der Waals surface area contributed by atoms with Gasteiger partial charge >= 0.3 is 0 Å². The van der Waals surface area contributed by atoms with Crippen LogP contribution in [0.4, 0.5) is 0 Å². The summed E-state index contributed by atoms with van der Waals surface area (Å²) < 4.78 is 7.07. The van der Waals surface area contributed by atoms with Crippen molar-refractivity contribution in [3.8, 4) is 5.69 Å². The number of fused-ring (bicyclic) bond motifs is 3. The fraction of sp³-hybridized carbons (Fsp3) is 0.0526. The van der Waals surface area contributed by atoms with E-state index in [9.17, 15) is 9.59 Å². The van der Waals surface area contributed by atoms with Gasteiger partial charge in [0.05, 0.1) is 16.1 Å². The molecule has 0 aliphatic heterocycles. The summed E-state index contributed by atoms with van der Waals surface area (Å²) in [5.74, 6) is 0.0169. The van der Waals surface area contributed by atoms with Crippen LogP contribution in [0.5, 0.6) is 0 Å². The van der Waals surface area contributed by atoms with E-state index in [1.165, 1.54) is 4.57 Å². The van der Waals surface area contributed by atoms with E-state index in [1.54, 1.807) is 18.2 Å². The minimum absolute atomic E-state index is 0.0169. The molecule has 4 aromatic rings. The second kappa shape index (κ2) is 5.35. The Labute approximate surface area is 141 Å². The van der Waals surface area contributed by atoms with E-state index in [0.29, 0.717) is 28.1 Å². The highest BCUT2D eigenvalue weighted by molar-refractivity contribution is 6.39. The van der Waals surface area contributed by atoms with Crippen LogP contribution in [0.1, 0.15) is 16.1 Å². The molecule has 0 fully saturated rings. The monoisotopic (exact) mass is 337 g/mol. The molecule has 118 valence electrons. The summed E-state index contributed by atoms with van der Waals surface area (Å²) in [6.45, 7) is 1.97. The first-order valence-electron chi connectivity index (χ1n) is 7.40. The van der Waals surface area contributed by atoms with Crippen LogP contribution in [0, 0.1) is 6.92 Å². The lowest BCUT2D eigenvalue weighted by atomic mass is 10.1. The molecule has 0 atom stereocenters. The van der Waals surface area contributed by atoms with Crippen LogP contribution in [0.2, 0.25) is 5.02 Å². The van der Waals surface area contributed by atoms with Gasteiger partial charge in [-0.05, 0) is 25.1 Å². The molecule has 2 aromatic heterocycles. The van der Waals surface area contributed by atoms with Crippen molar-refractivity contribution in [2.24, 2.45) is 0 Å². The number of halogens is 1. The van der Waals surface area contributed by atoms with E-state index in [-0.39, 0.29) is 22.1 Å². The summed E-state index contributed by atoms with van der Waals surface area (Å²) in [6, 6.07) is 14.6. The molecule has 2 heterocycles. The fourth-order valence-corrected chi connectivity index (χ4v) is 3.18. The van der Waals surface area contributed by atoms with Crippen LogP contribution < -0.4 is 5.56 Å². The minimum Gasteiger partial charge on any atom is -0.435 e. The first-order chi connectivity index (χ1) is 11.6. The van der Waals surface area contributed by atoms with Crippen molar-refractivity contribution in [2.75, 3.05) is 0 Å². The molecule has 2 aromatic carbocycles. The number of furan rings is 1. The molecule has 0 amide bonds. The van der Waals surface area contributed by atoms with Gasteiger partial charge in [0.2, 0.25) is 5.71 Å². The Hall–Kier alpha value is -2.85. The maximum absolute atomic E-state index is 13.0. The lowest BCUT2D eigenvalue weighted by Gasteiger charge is -2.09. The number of rotatable bonds is 2. The standard InChI is InChI=1S/C19H12ClNO3/c1-11-6-8-12(9-7-11)21-18(23)14-5-3-2-4-13(14)16-17(20)15(10-22)24-19(16)21/h2-10H,1H3. The van der Waals surface area contributed by atoms with Gasteiger partial charge in [-0.3, -0.25) is 9.59 Å². The average Bonchev–Trinajstić information content (AvgIpc) is 2.93. The number of hydrogen-bond acceptors (Lipinski definition) is 3. The van der Waals surface area contributed by atoms with E-state index in [2.05, 4.69) is 0 Å². The maximum atomic E-state index is 13.0. The molecule has 24 heavy (non-hydrogen) atoms. The van der Waals surface area contributed by atoms with E-state index in [0.717, 1.165) is 5.56 Å². The number of benzene rings is 2. The Morgan fingerprint density at radius 3 is 2.38 bits per heavy atom. The van der Waals surface area contributed by atoms with Crippen LogP contribution in [0.25, 0.3) is 27.6 Å². The predicted molar refractivity (Wildman–Crippen MR) is 94.5 cm³/mol. The van der Waals surface area contributed by atoms with Crippen molar-refractivity contribution in [1.29, 1.82) is 0 Å². The zero-order chi connectivity index (χ0) is 16.8. The molecule has 5 heteroatoms. The van der Waals surface area contributed by atoms with Crippen LogP contribution in [-0.2, 0) is 0 Å². The van der Waals surface area contributed by atoms with Gasteiger partial charge in [-0.25, -0.2) is 4.57 Å². The molecule has 0 unspecified atom stereocenters. The number of pyridine rings is 1. The van der Waals surface area contributed by atoms with Gasteiger partial charge in [-0.1, -0.05) is 47.5 Å². The molecule has 4 rings (SSSR count). The van der Waals surface area contributed by atoms with E-state index in [4.69, 9.17) is 16.0 Å². The highest BCUT2D eigenvalue weighted by Crippen LogP contribution is 2.35. The molecule has 0 radical (unpaired) electrons. The van der Waals surface area contributed by atoms with Crippen molar-refractivity contribution in [2.45, 2.75) is 6.92 Å². The topological polar surface area (TPSA) is 52.2 Å². The van der Waals surface area contributed by atoms with E-state index >= 15 is 0 Å². The molecule has 0 saturated carbocycles. The molecular formula is C19H12ClNO3. The Morgan fingerprint density at radius 1 is 1.04 bits per heavy atom. The quantitative estimate of drug-likeness (QED) is 0.506. The lowest BCUT2D eigenvalue weighted by molar-refractivity contribution is 0.110. The number of carbonyl (C=O) groups is 1. The van der Waals surface area contributed by atoms with Gasteiger partial charge in [-0.2, -0.15) is 0 Å². The van der Waals surface area contributed by atoms with E-state index in [1.807, 2.05) is 37.3 Å². The number of carbonyl (C=O) groups excluding carboxylic acids is 1. The molecule has 0 bridgehead atoms. The normalized spacial score (nSPS) is 11.2. The molecule has 4 nitrogen and oxygen atoms in total. The predicted octanol–water partition coefficient (Wildman–Crippen LogP) is 4.51. The van der Waals surface area contributed by atoms with Crippen LogP contribution in [0.15, 0.2) is 57.7 Å². The molecule has 0 aliphatic rings. The van der Waals surface area contributed by atoms with Crippen molar-refractivity contribution in [1.82, 2.24) is 4.57 Å². The molecule has 0 spiro atoms. The van der Waals surface area contributed by atoms with E-state index < -0.39 is 0 Å². The summed E-state index contributed by atoms with van der Waals surface area (Å²) >= 11 is 6.33. The number of nitrogens with zero attached hydrogens (tertiary/aromatic N) is 1. The second-order valence-electron chi connectivity index (χ2n) is 5.60. The zero-order valence-corrected chi connectivity index (χ0v) is 13.5. The van der Waals surface area contributed by atoms with Gasteiger partial charge in [-0.15, -0.1) is 0 Å². The minimum atomic E-state index is -0.218. The molecule has 0 aliphatic carbocycles. The number of hydrogen-bond donors (Lipinski definition) is 0. The van der Waals surface area contributed by atoms with Crippen LogP contribution in [-0.4, -0.2) is 10.9 Å². The summed E-state index contributed by atoms with van der Waals surface area (Å²) in [4.78, 5) is 24.3. The van der Waals surface area contributed by atoms with Gasteiger partial charge in [0.1, 0.15) is 0 Å². The van der Waals surface area contributed by atoms with Crippen molar-refractivity contribution in [3.63, 3.8) is 0 Å². The Balaban J connectivity index is 2.27. The third-order valence-corrected chi connectivity index (χ3v) is 4.46. The number of aldehydes is 1.